The van der Waals surface area contributed by atoms with Crippen LogP contribution in [0.4, 0.5) is 5.69 Å². The molecule has 1 amide bonds. The number of anilines is 1. The average molecular weight is 315 g/mol. The van der Waals surface area contributed by atoms with Gasteiger partial charge in [-0.3, -0.25) is 9.48 Å². The van der Waals surface area contributed by atoms with E-state index in [4.69, 9.17) is 0 Å². The third-order valence-electron chi connectivity index (χ3n) is 3.51. The lowest BCUT2D eigenvalue weighted by atomic mass is 10.1. The van der Waals surface area contributed by atoms with Gasteiger partial charge in [-0.1, -0.05) is 18.2 Å². The Balaban J connectivity index is 2.11. The molecule has 0 radical (unpaired) electrons. The number of hydrogen-bond donors (Lipinski definition) is 1. The summed E-state index contributed by atoms with van der Waals surface area (Å²) in [6.45, 7) is 7.64. The number of amides is 1. The topological polar surface area (TPSA) is 46.9 Å². The van der Waals surface area contributed by atoms with Crippen molar-refractivity contribution in [1.82, 2.24) is 9.78 Å². The van der Waals surface area contributed by atoms with Crippen molar-refractivity contribution in [1.29, 1.82) is 0 Å². The lowest BCUT2D eigenvalue weighted by Gasteiger charge is -2.10. The van der Waals surface area contributed by atoms with Crippen LogP contribution in [0.5, 0.6) is 0 Å². The lowest BCUT2D eigenvalue weighted by Crippen LogP contribution is -2.16. The van der Waals surface area contributed by atoms with Crippen molar-refractivity contribution >= 4 is 23.4 Å². The van der Waals surface area contributed by atoms with Crippen LogP contribution in [-0.2, 0) is 18.3 Å². The Morgan fingerprint density at radius 2 is 2.14 bits per heavy atom. The molecule has 0 aliphatic rings. The summed E-state index contributed by atoms with van der Waals surface area (Å²) < 4.78 is 1.81. The summed E-state index contributed by atoms with van der Waals surface area (Å²) in [6.07, 6.45) is 2.19. The summed E-state index contributed by atoms with van der Waals surface area (Å²) in [4.78, 5) is 13.4. The molecular formula is C17H21N3OS. The lowest BCUT2D eigenvalue weighted by molar-refractivity contribution is -0.115. The SMILES string of the molecule is C=CCSc1ccccc1NC(=O)Cc1c(C)nn(C)c1C. The van der Waals surface area contributed by atoms with Crippen LogP contribution in [0.3, 0.4) is 0 Å². The van der Waals surface area contributed by atoms with Crippen molar-refractivity contribution in [3.8, 4) is 0 Å². The van der Waals surface area contributed by atoms with E-state index in [2.05, 4.69) is 17.0 Å². The number of aryl methyl sites for hydroxylation is 2. The molecule has 0 fully saturated rings. The quantitative estimate of drug-likeness (QED) is 0.655. The minimum absolute atomic E-state index is 0.0224. The molecule has 0 bridgehead atoms. The van der Waals surface area contributed by atoms with E-state index in [-0.39, 0.29) is 5.91 Å². The molecule has 0 saturated heterocycles. The predicted octanol–water partition coefficient (Wildman–Crippen LogP) is 3.50. The van der Waals surface area contributed by atoms with Gasteiger partial charge in [0.05, 0.1) is 17.8 Å². The van der Waals surface area contributed by atoms with Crippen LogP contribution in [0.2, 0.25) is 0 Å². The number of aromatic nitrogens is 2. The minimum Gasteiger partial charge on any atom is -0.325 e. The summed E-state index contributed by atoms with van der Waals surface area (Å²) in [5, 5.41) is 7.35. The molecule has 2 rings (SSSR count). The summed E-state index contributed by atoms with van der Waals surface area (Å²) in [5.41, 5.74) is 3.78. The van der Waals surface area contributed by atoms with Crippen LogP contribution in [-0.4, -0.2) is 21.4 Å². The molecule has 0 atom stereocenters. The number of rotatable bonds is 6. The van der Waals surface area contributed by atoms with Crippen molar-refractivity contribution in [3.63, 3.8) is 0 Å². The third-order valence-corrected chi connectivity index (χ3v) is 4.58. The first-order chi connectivity index (χ1) is 10.5. The van der Waals surface area contributed by atoms with Gasteiger partial charge in [0.25, 0.3) is 0 Å². The highest BCUT2D eigenvalue weighted by molar-refractivity contribution is 7.99. The van der Waals surface area contributed by atoms with Crippen LogP contribution < -0.4 is 5.32 Å². The van der Waals surface area contributed by atoms with E-state index < -0.39 is 0 Å². The number of benzene rings is 1. The van der Waals surface area contributed by atoms with Gasteiger partial charge in [0.2, 0.25) is 5.91 Å². The predicted molar refractivity (Wildman–Crippen MR) is 92.4 cm³/mol. The van der Waals surface area contributed by atoms with Crippen molar-refractivity contribution in [2.45, 2.75) is 25.2 Å². The molecular weight excluding hydrogens is 294 g/mol. The number of para-hydroxylation sites is 1. The summed E-state index contributed by atoms with van der Waals surface area (Å²) >= 11 is 1.66. The molecule has 5 heteroatoms. The molecule has 4 nitrogen and oxygen atoms in total. The Labute approximate surface area is 135 Å². The number of carbonyl (C=O) groups excluding carboxylic acids is 1. The van der Waals surface area contributed by atoms with Crippen LogP contribution in [0.15, 0.2) is 41.8 Å². The van der Waals surface area contributed by atoms with E-state index in [9.17, 15) is 4.79 Å². The monoisotopic (exact) mass is 315 g/mol. The number of thioether (sulfide) groups is 1. The average Bonchev–Trinajstić information content (AvgIpc) is 2.73. The van der Waals surface area contributed by atoms with Gasteiger partial charge in [-0.15, -0.1) is 18.3 Å². The van der Waals surface area contributed by atoms with Crippen LogP contribution in [0, 0.1) is 13.8 Å². The fraction of sp³-hybridized carbons (Fsp3) is 0.294. The zero-order chi connectivity index (χ0) is 16.1. The van der Waals surface area contributed by atoms with Gasteiger partial charge >= 0.3 is 0 Å². The maximum absolute atomic E-state index is 12.3. The fourth-order valence-corrected chi connectivity index (χ4v) is 3.02. The molecule has 0 spiro atoms. The second-order valence-electron chi connectivity index (χ2n) is 5.09. The number of nitrogens with zero attached hydrogens (tertiary/aromatic N) is 2. The first-order valence-electron chi connectivity index (χ1n) is 7.14. The normalized spacial score (nSPS) is 10.5. The van der Waals surface area contributed by atoms with Crippen LogP contribution in [0.1, 0.15) is 17.0 Å². The third kappa shape index (κ3) is 3.80. The highest BCUT2D eigenvalue weighted by atomic mass is 32.2. The molecule has 0 aliphatic carbocycles. The molecule has 22 heavy (non-hydrogen) atoms. The second kappa shape index (κ2) is 7.31. The van der Waals surface area contributed by atoms with Crippen molar-refractivity contribution in [2.24, 2.45) is 7.05 Å². The van der Waals surface area contributed by atoms with Crippen molar-refractivity contribution < 1.29 is 4.79 Å². The molecule has 1 heterocycles. The van der Waals surface area contributed by atoms with E-state index in [1.54, 1.807) is 11.8 Å². The smallest absolute Gasteiger partial charge is 0.228 e. The van der Waals surface area contributed by atoms with Crippen LogP contribution >= 0.6 is 11.8 Å². The number of carbonyl (C=O) groups is 1. The molecule has 116 valence electrons. The molecule has 1 N–H and O–H groups in total. The fourth-order valence-electron chi connectivity index (χ4n) is 2.27. The van der Waals surface area contributed by atoms with Gasteiger partial charge in [-0.25, -0.2) is 0 Å². The molecule has 2 aromatic rings. The first kappa shape index (κ1) is 16.4. The Hall–Kier alpha value is -2.01. The Bertz CT molecular complexity index is 691. The molecule has 0 unspecified atom stereocenters. The zero-order valence-electron chi connectivity index (χ0n) is 13.2. The minimum atomic E-state index is -0.0224. The Kier molecular flexibility index (Phi) is 5.44. The zero-order valence-corrected chi connectivity index (χ0v) is 14.0. The van der Waals surface area contributed by atoms with E-state index in [1.807, 2.05) is 55.9 Å². The van der Waals surface area contributed by atoms with Gasteiger partial charge in [0.15, 0.2) is 0 Å². The molecule has 0 saturated carbocycles. The maximum atomic E-state index is 12.3. The van der Waals surface area contributed by atoms with Gasteiger partial charge < -0.3 is 5.32 Å². The highest BCUT2D eigenvalue weighted by Crippen LogP contribution is 2.27. The van der Waals surface area contributed by atoms with Crippen LogP contribution in [0.25, 0.3) is 0 Å². The molecule has 1 aromatic carbocycles. The van der Waals surface area contributed by atoms with Crippen molar-refractivity contribution in [3.05, 3.63) is 53.9 Å². The van der Waals surface area contributed by atoms with E-state index in [1.165, 1.54) is 0 Å². The number of hydrogen-bond acceptors (Lipinski definition) is 3. The maximum Gasteiger partial charge on any atom is 0.228 e. The van der Waals surface area contributed by atoms with Gasteiger partial charge in [-0.05, 0) is 26.0 Å². The molecule has 1 aromatic heterocycles. The van der Waals surface area contributed by atoms with Crippen molar-refractivity contribution in [2.75, 3.05) is 11.1 Å². The van der Waals surface area contributed by atoms with E-state index in [0.29, 0.717) is 6.42 Å². The second-order valence-corrected chi connectivity index (χ2v) is 6.16. The summed E-state index contributed by atoms with van der Waals surface area (Å²) in [5.74, 6) is 0.791. The van der Waals surface area contributed by atoms with Gasteiger partial charge in [0.1, 0.15) is 0 Å². The number of nitrogens with one attached hydrogen (secondary N) is 1. The van der Waals surface area contributed by atoms with Gasteiger partial charge in [0, 0.05) is 29.0 Å². The summed E-state index contributed by atoms with van der Waals surface area (Å²) in [6, 6.07) is 7.82. The Morgan fingerprint density at radius 3 is 2.77 bits per heavy atom. The summed E-state index contributed by atoms with van der Waals surface area (Å²) in [7, 11) is 1.89. The standard InChI is InChI=1S/C17H21N3OS/c1-5-10-22-16-9-7-6-8-15(16)18-17(21)11-14-12(2)19-20(4)13(14)3/h5-9H,1,10-11H2,2-4H3,(H,18,21). The van der Waals surface area contributed by atoms with E-state index >= 15 is 0 Å². The van der Waals surface area contributed by atoms with E-state index in [0.717, 1.165) is 33.3 Å². The largest absolute Gasteiger partial charge is 0.325 e. The van der Waals surface area contributed by atoms with Gasteiger partial charge in [-0.2, -0.15) is 5.10 Å². The first-order valence-corrected chi connectivity index (χ1v) is 8.13. The molecule has 0 aliphatic heterocycles. The Morgan fingerprint density at radius 1 is 1.41 bits per heavy atom. The highest BCUT2D eigenvalue weighted by Gasteiger charge is 2.14.